The first-order valence-electron chi connectivity index (χ1n) is 13.0. The van der Waals surface area contributed by atoms with Gasteiger partial charge in [-0.05, 0) is 0 Å². The van der Waals surface area contributed by atoms with Crippen molar-refractivity contribution in [3.8, 4) is 0 Å². The topological polar surface area (TPSA) is 37.3 Å². The molecule has 0 heterocycles. The SMILES string of the molecule is CC(=O)O.CCCCCCCCCCC[CH2][Sn][CH2]CCCCCCCCCCC. The Morgan fingerprint density at radius 3 is 0.966 bits per heavy atom. The van der Waals surface area contributed by atoms with Crippen LogP contribution in [0.3, 0.4) is 0 Å². The van der Waals surface area contributed by atoms with Crippen LogP contribution in [0.1, 0.15) is 149 Å². The van der Waals surface area contributed by atoms with Gasteiger partial charge in [-0.1, -0.05) is 0 Å². The van der Waals surface area contributed by atoms with Crippen LogP contribution in [0.4, 0.5) is 0 Å². The van der Waals surface area contributed by atoms with Gasteiger partial charge in [0.15, 0.2) is 0 Å². The zero-order chi connectivity index (χ0) is 21.8. The van der Waals surface area contributed by atoms with E-state index in [-0.39, 0.29) is 21.1 Å². The Balaban J connectivity index is 0. The molecule has 0 fully saturated rings. The molecule has 0 saturated carbocycles. The third-order valence-electron chi connectivity index (χ3n) is 5.41. The summed E-state index contributed by atoms with van der Waals surface area (Å²) in [6, 6.07) is 0. The molecule has 174 valence electrons. The van der Waals surface area contributed by atoms with E-state index in [1.54, 1.807) is 21.7 Å². The second-order valence-corrected chi connectivity index (χ2v) is 12.9. The average molecular weight is 517 g/mol. The van der Waals surface area contributed by atoms with Crippen molar-refractivity contribution in [2.75, 3.05) is 0 Å². The standard InChI is InChI=1S/2C12H25.C2H4O2.Sn/c2*1-3-5-7-9-11-12-10-8-6-4-2;1-2(3)4;/h2*1,3-12H2,2H3;1H3,(H,3,4);. The fourth-order valence-corrected chi connectivity index (χ4v) is 7.17. The fourth-order valence-electron chi connectivity index (χ4n) is 3.60. The van der Waals surface area contributed by atoms with Crippen molar-refractivity contribution in [3.05, 3.63) is 0 Å². The molecule has 0 unspecified atom stereocenters. The van der Waals surface area contributed by atoms with Gasteiger partial charge in [0.2, 0.25) is 0 Å². The van der Waals surface area contributed by atoms with Crippen LogP contribution < -0.4 is 0 Å². The van der Waals surface area contributed by atoms with E-state index in [1.165, 1.54) is 116 Å². The number of carboxylic acid groups (broad SMARTS) is 1. The number of hydrogen-bond acceptors (Lipinski definition) is 1. The van der Waals surface area contributed by atoms with E-state index in [1.807, 2.05) is 0 Å². The summed E-state index contributed by atoms with van der Waals surface area (Å²) in [5.41, 5.74) is 0. The quantitative estimate of drug-likeness (QED) is 0.115. The van der Waals surface area contributed by atoms with Gasteiger partial charge in [-0.2, -0.15) is 0 Å². The Bertz CT molecular complexity index is 268. The molecule has 2 radical (unpaired) electrons. The maximum atomic E-state index is 9.00. The summed E-state index contributed by atoms with van der Waals surface area (Å²) in [6.45, 7) is 5.70. The molecule has 3 heteroatoms. The van der Waals surface area contributed by atoms with Crippen LogP contribution in [0.5, 0.6) is 0 Å². The molecule has 0 rings (SSSR count). The molecule has 0 aromatic rings. The van der Waals surface area contributed by atoms with E-state index in [0.29, 0.717) is 0 Å². The van der Waals surface area contributed by atoms with Crippen LogP contribution >= 0.6 is 0 Å². The van der Waals surface area contributed by atoms with Gasteiger partial charge in [-0.25, -0.2) is 0 Å². The number of aliphatic carboxylic acids is 1. The Kier molecular flexibility index (Phi) is 33.0. The molecule has 0 aliphatic heterocycles. The second kappa shape index (κ2) is 30.5. The van der Waals surface area contributed by atoms with Gasteiger partial charge in [-0.3, -0.25) is 4.79 Å². The molecule has 0 saturated heterocycles. The first-order chi connectivity index (χ1) is 14.1. The van der Waals surface area contributed by atoms with Crippen LogP contribution in [0.15, 0.2) is 0 Å². The van der Waals surface area contributed by atoms with Crippen molar-refractivity contribution in [3.63, 3.8) is 0 Å². The third-order valence-corrected chi connectivity index (χ3v) is 9.45. The first-order valence-corrected chi connectivity index (χ1v) is 17.1. The van der Waals surface area contributed by atoms with Gasteiger partial charge in [0.25, 0.3) is 5.97 Å². The van der Waals surface area contributed by atoms with Crippen molar-refractivity contribution in [1.82, 2.24) is 0 Å². The number of hydrogen-bond donors (Lipinski definition) is 1. The Hall–Kier alpha value is 0.269. The van der Waals surface area contributed by atoms with E-state index in [2.05, 4.69) is 13.8 Å². The van der Waals surface area contributed by atoms with E-state index in [0.717, 1.165) is 6.92 Å². The van der Waals surface area contributed by atoms with Crippen molar-refractivity contribution < 1.29 is 9.90 Å². The predicted molar refractivity (Wildman–Crippen MR) is 132 cm³/mol. The summed E-state index contributed by atoms with van der Waals surface area (Å²) in [4.78, 5) is 9.00. The normalized spacial score (nSPS) is 10.6. The summed E-state index contributed by atoms with van der Waals surface area (Å²) in [5, 5.41) is 7.42. The second-order valence-electron chi connectivity index (χ2n) is 8.63. The van der Waals surface area contributed by atoms with Gasteiger partial charge in [-0.15, -0.1) is 0 Å². The molecule has 0 spiro atoms. The summed E-state index contributed by atoms with van der Waals surface area (Å²) >= 11 is 0.0377. The first kappa shape index (κ1) is 31.5. The Morgan fingerprint density at radius 1 is 0.517 bits per heavy atom. The van der Waals surface area contributed by atoms with E-state index < -0.39 is 5.97 Å². The summed E-state index contributed by atoms with van der Waals surface area (Å²) in [6.07, 6.45) is 29.8. The molecule has 2 nitrogen and oxygen atoms in total. The van der Waals surface area contributed by atoms with Crippen LogP contribution in [-0.2, 0) is 4.79 Å². The molecule has 0 aromatic heterocycles. The Labute approximate surface area is 194 Å². The number of unbranched alkanes of at least 4 members (excludes halogenated alkanes) is 18. The van der Waals surface area contributed by atoms with Gasteiger partial charge in [0.05, 0.1) is 0 Å². The van der Waals surface area contributed by atoms with Gasteiger partial charge >= 0.3 is 172 Å². The minimum absolute atomic E-state index is 0.0377. The van der Waals surface area contributed by atoms with Crippen LogP contribution in [0.25, 0.3) is 0 Å². The Morgan fingerprint density at radius 2 is 0.724 bits per heavy atom. The van der Waals surface area contributed by atoms with Gasteiger partial charge in [0, 0.05) is 6.92 Å². The molecular weight excluding hydrogens is 463 g/mol. The molecule has 0 aliphatic rings. The molecular formula is C26H54O2Sn. The van der Waals surface area contributed by atoms with E-state index >= 15 is 0 Å². The zero-order valence-corrected chi connectivity index (χ0v) is 23.3. The van der Waals surface area contributed by atoms with Crippen molar-refractivity contribution >= 4 is 27.1 Å². The van der Waals surface area contributed by atoms with Crippen LogP contribution in [0, 0.1) is 0 Å². The van der Waals surface area contributed by atoms with Crippen molar-refractivity contribution in [2.45, 2.75) is 158 Å². The number of carbonyl (C=O) groups is 1. The average Bonchev–Trinajstić information content (AvgIpc) is 2.69. The number of rotatable bonds is 22. The summed E-state index contributed by atoms with van der Waals surface area (Å²) in [5.74, 6) is -0.833. The van der Waals surface area contributed by atoms with Crippen LogP contribution in [-0.4, -0.2) is 32.2 Å². The summed E-state index contributed by atoms with van der Waals surface area (Å²) < 4.78 is 3.33. The molecule has 0 atom stereocenters. The van der Waals surface area contributed by atoms with Crippen molar-refractivity contribution in [1.29, 1.82) is 0 Å². The predicted octanol–water partition coefficient (Wildman–Crippen LogP) is 9.46. The molecule has 0 aromatic carbocycles. The maximum absolute atomic E-state index is 9.00. The number of carboxylic acids is 1. The minimum atomic E-state index is -0.833. The third kappa shape index (κ3) is 39.3. The van der Waals surface area contributed by atoms with Gasteiger partial charge in [0.1, 0.15) is 0 Å². The molecule has 1 N–H and O–H groups in total. The zero-order valence-electron chi connectivity index (χ0n) is 20.4. The van der Waals surface area contributed by atoms with Crippen molar-refractivity contribution in [2.24, 2.45) is 0 Å². The molecule has 29 heavy (non-hydrogen) atoms. The molecule has 0 amide bonds. The molecule has 0 aliphatic carbocycles. The fraction of sp³-hybridized carbons (Fsp3) is 0.962. The van der Waals surface area contributed by atoms with E-state index in [4.69, 9.17) is 9.90 Å². The van der Waals surface area contributed by atoms with Gasteiger partial charge < -0.3 is 5.11 Å². The monoisotopic (exact) mass is 518 g/mol. The molecule has 0 bridgehead atoms. The van der Waals surface area contributed by atoms with E-state index in [9.17, 15) is 0 Å². The summed E-state index contributed by atoms with van der Waals surface area (Å²) in [7, 11) is 0. The van der Waals surface area contributed by atoms with Crippen LogP contribution in [0.2, 0.25) is 8.87 Å².